The number of amides is 1. The molecule has 2 aromatic heterocycles. The Bertz CT molecular complexity index is 1910. The number of esters is 1. The summed E-state index contributed by atoms with van der Waals surface area (Å²) in [6.45, 7) is 1.58. The first-order valence-electron chi connectivity index (χ1n) is 13.8. The van der Waals surface area contributed by atoms with Crippen LogP contribution in [-0.2, 0) is 16.1 Å². The predicted molar refractivity (Wildman–Crippen MR) is 169 cm³/mol. The van der Waals surface area contributed by atoms with Gasteiger partial charge in [0.05, 0.1) is 39.5 Å². The summed E-state index contributed by atoms with van der Waals surface area (Å²) in [6.07, 6.45) is 1.67. The zero-order chi connectivity index (χ0) is 32.1. The number of nitrogens with zero attached hydrogens (tertiary/aromatic N) is 2. The Morgan fingerprint density at radius 2 is 1.56 bits per heavy atom. The molecule has 3 aromatic carbocycles. The molecule has 1 N–H and O–H groups in total. The molecule has 11 nitrogen and oxygen atoms in total. The summed E-state index contributed by atoms with van der Waals surface area (Å²) in [6, 6.07) is 20.5. The van der Waals surface area contributed by atoms with E-state index >= 15 is 0 Å². The van der Waals surface area contributed by atoms with Crippen molar-refractivity contribution >= 4 is 28.3 Å². The van der Waals surface area contributed by atoms with Crippen molar-refractivity contribution in [2.75, 3.05) is 33.8 Å². The summed E-state index contributed by atoms with van der Waals surface area (Å²) in [5.74, 6) is 0.495. The number of benzene rings is 3. The number of anilines is 1. The Hall–Kier alpha value is -5.84. The number of hydrogen-bond donors (Lipinski definition) is 1. The lowest BCUT2D eigenvalue weighted by Gasteiger charge is -2.21. The van der Waals surface area contributed by atoms with Gasteiger partial charge in [-0.15, -0.1) is 0 Å². The lowest BCUT2D eigenvalue weighted by Crippen LogP contribution is -2.27. The van der Waals surface area contributed by atoms with E-state index in [1.165, 1.54) is 39.9 Å². The summed E-state index contributed by atoms with van der Waals surface area (Å²) in [5.41, 5.74) is 1.97. The number of aromatic nitrogens is 2. The highest BCUT2D eigenvalue weighted by atomic mass is 16.5. The second-order valence-corrected chi connectivity index (χ2v) is 9.81. The Morgan fingerprint density at radius 3 is 2.13 bits per heavy atom. The van der Waals surface area contributed by atoms with Gasteiger partial charge in [-0.2, -0.15) is 0 Å². The largest absolute Gasteiger partial charge is 0.493 e. The van der Waals surface area contributed by atoms with Crippen LogP contribution in [0.3, 0.4) is 0 Å². The van der Waals surface area contributed by atoms with Crippen LogP contribution in [0.4, 0.5) is 5.69 Å². The molecule has 11 heteroatoms. The fourth-order valence-electron chi connectivity index (χ4n) is 5.06. The average Bonchev–Trinajstić information content (AvgIpc) is 3.06. The molecule has 2 heterocycles. The van der Waals surface area contributed by atoms with Gasteiger partial charge in [-0.3, -0.25) is 19.1 Å². The minimum Gasteiger partial charge on any atom is -0.493 e. The van der Waals surface area contributed by atoms with E-state index in [9.17, 15) is 14.4 Å². The van der Waals surface area contributed by atoms with Crippen molar-refractivity contribution in [1.29, 1.82) is 0 Å². The Labute approximate surface area is 258 Å². The van der Waals surface area contributed by atoms with Crippen LogP contribution < -0.4 is 29.8 Å². The summed E-state index contributed by atoms with van der Waals surface area (Å²) in [7, 11) is 5.72. The van der Waals surface area contributed by atoms with Crippen LogP contribution in [-0.4, -0.2) is 49.9 Å². The number of rotatable bonds is 10. The Kier molecular flexibility index (Phi) is 8.99. The first-order chi connectivity index (χ1) is 21.8. The lowest BCUT2D eigenvalue weighted by atomic mass is 9.95. The first-order valence-corrected chi connectivity index (χ1v) is 13.8. The SMILES string of the molecule is COC(=O)c1c(-c2cc(OC)c(OC)c(OC)c2)c2ccc(OCc3ccccn3)cc2c(=O)n1-c1ccc(NC(C)=O)cc1. The van der Waals surface area contributed by atoms with Gasteiger partial charge in [0.15, 0.2) is 11.5 Å². The normalized spacial score (nSPS) is 10.7. The Balaban J connectivity index is 1.83. The third-order valence-corrected chi connectivity index (χ3v) is 7.05. The summed E-state index contributed by atoms with van der Waals surface area (Å²) in [5, 5.41) is 3.44. The first kappa shape index (κ1) is 30.6. The number of carbonyl (C=O) groups is 2. The topological polar surface area (TPSA) is 127 Å². The average molecular weight is 610 g/mol. The maximum Gasteiger partial charge on any atom is 0.355 e. The van der Waals surface area contributed by atoms with Gasteiger partial charge >= 0.3 is 5.97 Å². The van der Waals surface area contributed by atoms with Crippen molar-refractivity contribution < 1.29 is 33.3 Å². The molecular formula is C34H31N3O8. The molecule has 0 spiro atoms. The van der Waals surface area contributed by atoms with Gasteiger partial charge in [0.25, 0.3) is 5.56 Å². The molecule has 0 bridgehead atoms. The molecule has 0 aliphatic carbocycles. The molecule has 0 fully saturated rings. The molecule has 5 rings (SSSR count). The quantitative estimate of drug-likeness (QED) is 0.207. The lowest BCUT2D eigenvalue weighted by molar-refractivity contribution is -0.114. The smallest absolute Gasteiger partial charge is 0.355 e. The third kappa shape index (κ3) is 6.14. The molecule has 0 saturated heterocycles. The summed E-state index contributed by atoms with van der Waals surface area (Å²) >= 11 is 0. The number of nitrogens with one attached hydrogen (secondary N) is 1. The van der Waals surface area contributed by atoms with Crippen LogP contribution in [0.5, 0.6) is 23.0 Å². The van der Waals surface area contributed by atoms with Gasteiger partial charge in [0.2, 0.25) is 11.7 Å². The van der Waals surface area contributed by atoms with Crippen molar-refractivity contribution in [1.82, 2.24) is 9.55 Å². The molecule has 0 aliphatic heterocycles. The van der Waals surface area contributed by atoms with Crippen LogP contribution in [0, 0.1) is 0 Å². The van der Waals surface area contributed by atoms with Gasteiger partial charge in [-0.25, -0.2) is 4.79 Å². The van der Waals surface area contributed by atoms with Crippen LogP contribution in [0.2, 0.25) is 0 Å². The van der Waals surface area contributed by atoms with Gasteiger partial charge in [-0.05, 0) is 77.7 Å². The van der Waals surface area contributed by atoms with Crippen LogP contribution in [0.25, 0.3) is 27.6 Å². The van der Waals surface area contributed by atoms with Gasteiger partial charge in [0, 0.05) is 30.1 Å². The highest BCUT2D eigenvalue weighted by Crippen LogP contribution is 2.44. The van der Waals surface area contributed by atoms with E-state index in [1.807, 2.05) is 18.2 Å². The van der Waals surface area contributed by atoms with Gasteiger partial charge in [-0.1, -0.05) is 6.07 Å². The zero-order valence-corrected chi connectivity index (χ0v) is 25.4. The number of hydrogen-bond acceptors (Lipinski definition) is 9. The maximum absolute atomic E-state index is 14.3. The summed E-state index contributed by atoms with van der Waals surface area (Å²) < 4.78 is 29.3. The molecule has 230 valence electrons. The van der Waals surface area contributed by atoms with Crippen molar-refractivity contribution in [3.8, 4) is 39.8 Å². The van der Waals surface area contributed by atoms with E-state index in [-0.39, 0.29) is 23.6 Å². The highest BCUT2D eigenvalue weighted by molar-refractivity contribution is 6.08. The standard InChI is InChI=1S/C34H31N3O8/c1-20(38)36-22-9-11-24(12-10-22)37-31(34(40)44-5)30(21-16-28(41-2)32(43-4)29(17-21)42-3)26-14-13-25(18-27(26)33(37)39)45-19-23-8-6-7-15-35-23/h6-18H,19H2,1-5H3,(H,36,38). The van der Waals surface area contributed by atoms with Crippen molar-refractivity contribution in [2.45, 2.75) is 13.5 Å². The van der Waals surface area contributed by atoms with Gasteiger partial charge < -0.3 is 29.0 Å². The van der Waals surface area contributed by atoms with Crippen LogP contribution in [0.15, 0.2) is 83.8 Å². The molecule has 45 heavy (non-hydrogen) atoms. The zero-order valence-electron chi connectivity index (χ0n) is 25.4. The van der Waals surface area contributed by atoms with Crippen molar-refractivity contribution in [2.24, 2.45) is 0 Å². The van der Waals surface area contributed by atoms with E-state index in [0.29, 0.717) is 56.6 Å². The minimum absolute atomic E-state index is 0.0290. The van der Waals surface area contributed by atoms with Crippen molar-refractivity contribution in [3.05, 3.63) is 101 Å². The second kappa shape index (κ2) is 13.2. The van der Waals surface area contributed by atoms with E-state index in [2.05, 4.69) is 10.3 Å². The fourth-order valence-corrected chi connectivity index (χ4v) is 5.06. The second-order valence-electron chi connectivity index (χ2n) is 9.81. The molecule has 0 unspecified atom stereocenters. The molecule has 5 aromatic rings. The third-order valence-electron chi connectivity index (χ3n) is 7.05. The molecule has 0 saturated carbocycles. The number of ether oxygens (including phenoxy) is 5. The number of methoxy groups -OCH3 is 4. The maximum atomic E-state index is 14.3. The fraction of sp³-hybridized carbons (Fsp3) is 0.176. The van der Waals surface area contributed by atoms with Crippen molar-refractivity contribution in [3.63, 3.8) is 0 Å². The van der Waals surface area contributed by atoms with E-state index < -0.39 is 11.5 Å². The monoisotopic (exact) mass is 609 g/mol. The number of pyridine rings is 2. The predicted octanol–water partition coefficient (Wildman–Crippen LogP) is 5.40. The highest BCUT2D eigenvalue weighted by Gasteiger charge is 2.27. The summed E-state index contributed by atoms with van der Waals surface area (Å²) in [4.78, 5) is 43.8. The van der Waals surface area contributed by atoms with Crippen LogP contribution >= 0.6 is 0 Å². The minimum atomic E-state index is -0.751. The molecule has 0 atom stereocenters. The molecule has 0 radical (unpaired) electrons. The number of fused-ring (bicyclic) bond motifs is 1. The van der Waals surface area contributed by atoms with Crippen LogP contribution in [0.1, 0.15) is 23.1 Å². The van der Waals surface area contributed by atoms with Gasteiger partial charge in [0.1, 0.15) is 18.1 Å². The Morgan fingerprint density at radius 1 is 0.844 bits per heavy atom. The van der Waals surface area contributed by atoms with E-state index in [4.69, 9.17) is 23.7 Å². The molecular weight excluding hydrogens is 578 g/mol. The molecule has 0 aliphatic rings. The molecule has 1 amide bonds. The van der Waals surface area contributed by atoms with E-state index in [1.54, 1.807) is 60.8 Å². The van der Waals surface area contributed by atoms with E-state index in [0.717, 1.165) is 0 Å². The number of carbonyl (C=O) groups excluding carboxylic acids is 2.